The molecular formula is C12H26ClNO2. The molecule has 0 saturated carbocycles. The molecule has 2 N–H and O–H groups in total. The molecule has 0 heterocycles. The summed E-state index contributed by atoms with van der Waals surface area (Å²) >= 11 is 0. The van der Waals surface area contributed by atoms with E-state index in [1.54, 1.807) is 0 Å². The van der Waals surface area contributed by atoms with Crippen molar-refractivity contribution in [1.29, 1.82) is 0 Å². The van der Waals surface area contributed by atoms with Crippen LogP contribution in [0.15, 0.2) is 0 Å². The van der Waals surface area contributed by atoms with Gasteiger partial charge in [0.25, 0.3) is 0 Å². The second-order valence-corrected chi connectivity index (χ2v) is 4.05. The van der Waals surface area contributed by atoms with Gasteiger partial charge in [-0.15, -0.1) is 12.4 Å². The SMILES string of the molecule is CCCCCCCCCCNCC(=O)O.Cl. The van der Waals surface area contributed by atoms with Crippen molar-refractivity contribution in [2.24, 2.45) is 0 Å². The second-order valence-electron chi connectivity index (χ2n) is 4.05. The van der Waals surface area contributed by atoms with E-state index in [0.717, 1.165) is 13.0 Å². The zero-order chi connectivity index (χ0) is 11.4. The minimum absolute atomic E-state index is 0. The van der Waals surface area contributed by atoms with Crippen LogP contribution in [0.4, 0.5) is 0 Å². The fourth-order valence-electron chi connectivity index (χ4n) is 1.58. The van der Waals surface area contributed by atoms with Gasteiger partial charge in [0.2, 0.25) is 0 Å². The van der Waals surface area contributed by atoms with Crippen molar-refractivity contribution in [3.8, 4) is 0 Å². The molecule has 0 rings (SSSR count). The van der Waals surface area contributed by atoms with Crippen molar-refractivity contribution >= 4 is 18.4 Å². The third-order valence-corrected chi connectivity index (χ3v) is 2.48. The van der Waals surface area contributed by atoms with Gasteiger partial charge >= 0.3 is 5.97 Å². The number of carboxylic acids is 1. The number of hydrogen-bond donors (Lipinski definition) is 2. The fraction of sp³-hybridized carbons (Fsp3) is 0.917. The van der Waals surface area contributed by atoms with E-state index in [0.29, 0.717) is 0 Å². The molecule has 0 aromatic carbocycles. The minimum atomic E-state index is -0.769. The van der Waals surface area contributed by atoms with Crippen molar-refractivity contribution < 1.29 is 9.90 Å². The Balaban J connectivity index is 0. The first kappa shape index (κ1) is 18.1. The zero-order valence-corrected chi connectivity index (χ0v) is 11.2. The van der Waals surface area contributed by atoms with Gasteiger partial charge < -0.3 is 10.4 Å². The van der Waals surface area contributed by atoms with Gasteiger partial charge in [-0.3, -0.25) is 4.79 Å². The van der Waals surface area contributed by atoms with Crippen LogP contribution < -0.4 is 5.32 Å². The lowest BCUT2D eigenvalue weighted by molar-refractivity contribution is -0.135. The van der Waals surface area contributed by atoms with Gasteiger partial charge in [0, 0.05) is 0 Å². The molecule has 0 atom stereocenters. The van der Waals surface area contributed by atoms with Crippen LogP contribution in [-0.2, 0) is 4.79 Å². The van der Waals surface area contributed by atoms with Crippen LogP contribution in [0.2, 0.25) is 0 Å². The molecule has 98 valence electrons. The molecule has 0 bridgehead atoms. The van der Waals surface area contributed by atoms with Gasteiger partial charge in [0.15, 0.2) is 0 Å². The number of hydrogen-bond acceptors (Lipinski definition) is 2. The number of aliphatic carboxylic acids is 1. The molecule has 0 fully saturated rings. The van der Waals surface area contributed by atoms with Crippen LogP contribution in [0.1, 0.15) is 58.3 Å². The zero-order valence-electron chi connectivity index (χ0n) is 10.3. The summed E-state index contributed by atoms with van der Waals surface area (Å²) in [6, 6.07) is 0. The predicted molar refractivity (Wildman–Crippen MR) is 70.4 cm³/mol. The summed E-state index contributed by atoms with van der Waals surface area (Å²) in [5.41, 5.74) is 0. The quantitative estimate of drug-likeness (QED) is 0.555. The summed E-state index contributed by atoms with van der Waals surface area (Å²) in [5, 5.41) is 11.3. The highest BCUT2D eigenvalue weighted by molar-refractivity contribution is 5.85. The van der Waals surface area contributed by atoms with Crippen molar-refractivity contribution in [1.82, 2.24) is 5.32 Å². The largest absolute Gasteiger partial charge is 0.480 e. The van der Waals surface area contributed by atoms with Crippen LogP contribution in [0.5, 0.6) is 0 Å². The maximum absolute atomic E-state index is 10.2. The lowest BCUT2D eigenvalue weighted by Crippen LogP contribution is -2.23. The van der Waals surface area contributed by atoms with Crippen molar-refractivity contribution in [3.63, 3.8) is 0 Å². The Bertz CT molecular complexity index is 154. The standard InChI is InChI=1S/C12H25NO2.ClH/c1-2-3-4-5-6-7-8-9-10-13-11-12(14)15;/h13H,2-11H2,1H3,(H,14,15);1H. The first-order valence-corrected chi connectivity index (χ1v) is 6.20. The third-order valence-electron chi connectivity index (χ3n) is 2.48. The summed E-state index contributed by atoms with van der Waals surface area (Å²) in [6.07, 6.45) is 10.3. The summed E-state index contributed by atoms with van der Waals surface area (Å²) in [7, 11) is 0. The Morgan fingerprint density at radius 3 is 2.00 bits per heavy atom. The lowest BCUT2D eigenvalue weighted by atomic mass is 10.1. The number of carbonyl (C=O) groups is 1. The van der Waals surface area contributed by atoms with Gasteiger partial charge in [-0.2, -0.15) is 0 Å². The predicted octanol–water partition coefficient (Wildman–Crippen LogP) is 3.22. The molecule has 0 amide bonds. The minimum Gasteiger partial charge on any atom is -0.480 e. The Morgan fingerprint density at radius 2 is 1.50 bits per heavy atom. The van der Waals surface area contributed by atoms with Gasteiger partial charge in [0.1, 0.15) is 0 Å². The van der Waals surface area contributed by atoms with Crippen LogP contribution in [0.3, 0.4) is 0 Å². The van der Waals surface area contributed by atoms with Crippen LogP contribution in [0.25, 0.3) is 0 Å². The summed E-state index contributed by atoms with van der Waals surface area (Å²) in [4.78, 5) is 10.2. The van der Waals surface area contributed by atoms with Gasteiger partial charge in [0.05, 0.1) is 6.54 Å². The number of halogens is 1. The monoisotopic (exact) mass is 251 g/mol. The van der Waals surface area contributed by atoms with E-state index >= 15 is 0 Å². The maximum Gasteiger partial charge on any atom is 0.317 e. The topological polar surface area (TPSA) is 49.3 Å². The molecule has 4 heteroatoms. The normalized spacial score (nSPS) is 9.81. The highest BCUT2D eigenvalue weighted by Crippen LogP contribution is 2.07. The molecule has 0 aliphatic carbocycles. The lowest BCUT2D eigenvalue weighted by Gasteiger charge is -2.02. The summed E-state index contributed by atoms with van der Waals surface area (Å²) in [5.74, 6) is -0.769. The van der Waals surface area contributed by atoms with Crippen LogP contribution >= 0.6 is 12.4 Å². The maximum atomic E-state index is 10.2. The molecule has 0 saturated heterocycles. The first-order chi connectivity index (χ1) is 7.27. The van der Waals surface area contributed by atoms with E-state index in [1.807, 2.05) is 0 Å². The number of carboxylic acid groups (broad SMARTS) is 1. The fourth-order valence-corrected chi connectivity index (χ4v) is 1.58. The third kappa shape index (κ3) is 16.2. The highest BCUT2D eigenvalue weighted by Gasteiger charge is 1.94. The molecule has 16 heavy (non-hydrogen) atoms. The highest BCUT2D eigenvalue weighted by atomic mass is 35.5. The molecule has 0 aromatic heterocycles. The Hall–Kier alpha value is -0.280. The molecule has 0 aliphatic rings. The van der Waals surface area contributed by atoms with Gasteiger partial charge in [-0.1, -0.05) is 51.9 Å². The smallest absolute Gasteiger partial charge is 0.317 e. The van der Waals surface area contributed by atoms with E-state index in [9.17, 15) is 4.79 Å². The molecule has 0 aromatic rings. The summed E-state index contributed by atoms with van der Waals surface area (Å²) < 4.78 is 0. The van der Waals surface area contributed by atoms with Gasteiger partial charge in [-0.25, -0.2) is 0 Å². The molecule has 0 spiro atoms. The number of nitrogens with one attached hydrogen (secondary N) is 1. The van der Waals surface area contributed by atoms with E-state index in [4.69, 9.17) is 5.11 Å². The van der Waals surface area contributed by atoms with Crippen molar-refractivity contribution in [3.05, 3.63) is 0 Å². The molecule has 0 radical (unpaired) electrons. The summed E-state index contributed by atoms with van der Waals surface area (Å²) in [6.45, 7) is 3.16. The van der Waals surface area contributed by atoms with E-state index in [1.165, 1.54) is 44.9 Å². The average Bonchev–Trinajstić information content (AvgIpc) is 2.20. The Kier molecular flexibility index (Phi) is 16.6. The van der Waals surface area contributed by atoms with Crippen LogP contribution in [-0.4, -0.2) is 24.2 Å². The second kappa shape index (κ2) is 14.7. The van der Waals surface area contributed by atoms with E-state index in [2.05, 4.69) is 12.2 Å². The van der Waals surface area contributed by atoms with E-state index in [-0.39, 0.29) is 19.0 Å². The Labute approximate surface area is 105 Å². The van der Waals surface area contributed by atoms with Crippen LogP contribution in [0, 0.1) is 0 Å². The molecule has 3 nitrogen and oxygen atoms in total. The average molecular weight is 252 g/mol. The molecular weight excluding hydrogens is 226 g/mol. The molecule has 0 aliphatic heterocycles. The van der Waals surface area contributed by atoms with E-state index < -0.39 is 5.97 Å². The van der Waals surface area contributed by atoms with Gasteiger partial charge in [-0.05, 0) is 13.0 Å². The molecule has 0 unspecified atom stereocenters. The van der Waals surface area contributed by atoms with Crippen molar-refractivity contribution in [2.45, 2.75) is 58.3 Å². The van der Waals surface area contributed by atoms with Crippen molar-refractivity contribution in [2.75, 3.05) is 13.1 Å². The first-order valence-electron chi connectivity index (χ1n) is 6.20. The number of rotatable bonds is 11. The Morgan fingerprint density at radius 1 is 1.00 bits per heavy atom. The number of unbranched alkanes of at least 4 members (excludes halogenated alkanes) is 7.